The lowest BCUT2D eigenvalue weighted by Crippen LogP contribution is -2.58. The predicted octanol–water partition coefficient (Wildman–Crippen LogP) is 6.26. The lowest BCUT2D eigenvalue weighted by atomic mass is 9.85. The number of thiophene rings is 1. The number of carbonyl (C=O) groups is 6. The van der Waals surface area contributed by atoms with E-state index in [-0.39, 0.29) is 79.1 Å². The summed E-state index contributed by atoms with van der Waals surface area (Å²) in [6, 6.07) is 16.2. The Morgan fingerprint density at radius 2 is 1.68 bits per heavy atom. The van der Waals surface area contributed by atoms with Crippen LogP contribution in [0, 0.1) is 11.3 Å². The number of hydrogen-bond donors (Lipinski definition) is 4. The maximum Gasteiger partial charge on any atom is 0.399 e. The molecule has 1 aromatic heterocycles. The fourth-order valence-corrected chi connectivity index (χ4v) is 11.1. The number of alkyl halides is 2. The summed E-state index contributed by atoms with van der Waals surface area (Å²) in [4.78, 5) is 107. The van der Waals surface area contributed by atoms with Gasteiger partial charge in [0.05, 0.1) is 36.9 Å². The molecule has 5 heterocycles. The van der Waals surface area contributed by atoms with Gasteiger partial charge in [-0.15, -0.1) is 11.3 Å². The van der Waals surface area contributed by atoms with Crippen LogP contribution >= 0.6 is 18.9 Å². The van der Waals surface area contributed by atoms with Gasteiger partial charge in [0.1, 0.15) is 23.9 Å². The number of hydrogen-bond acceptors (Lipinski definition) is 11. The van der Waals surface area contributed by atoms with Crippen molar-refractivity contribution in [1.29, 1.82) is 0 Å². The van der Waals surface area contributed by atoms with Crippen molar-refractivity contribution in [3.8, 4) is 5.75 Å². The summed E-state index contributed by atoms with van der Waals surface area (Å²) in [6.45, 7) is 7.70. The van der Waals surface area contributed by atoms with Crippen LogP contribution in [0.5, 0.6) is 5.75 Å². The van der Waals surface area contributed by atoms with Crippen LogP contribution in [0.3, 0.4) is 0 Å². The van der Waals surface area contributed by atoms with Gasteiger partial charge in [-0.25, -0.2) is 4.79 Å². The van der Waals surface area contributed by atoms with Crippen molar-refractivity contribution in [2.75, 3.05) is 64.5 Å². The van der Waals surface area contributed by atoms with Crippen molar-refractivity contribution in [3.05, 3.63) is 94.4 Å². The molecule has 4 aliphatic rings. The average Bonchev–Trinajstić information content (AvgIpc) is 3.99. The fourth-order valence-electron chi connectivity index (χ4n) is 9.69. The number of rotatable bonds is 14. The number of imide groups is 1. The Balaban J connectivity index is 0.935. The van der Waals surface area contributed by atoms with Crippen molar-refractivity contribution in [2.45, 2.75) is 82.8 Å². The maximum absolute atomic E-state index is 14.9. The zero-order valence-electron chi connectivity index (χ0n) is 40.4. The molecule has 4 aliphatic heterocycles. The largest absolute Gasteiger partial charge is 0.495 e. The normalized spacial score (nSPS) is 20.9. The van der Waals surface area contributed by atoms with Gasteiger partial charge in [0.25, 0.3) is 11.8 Å². The van der Waals surface area contributed by atoms with Crippen LogP contribution in [0.2, 0.25) is 0 Å². The first-order valence-corrected chi connectivity index (χ1v) is 26.3. The Bertz CT molecular complexity index is 2760. The van der Waals surface area contributed by atoms with Crippen molar-refractivity contribution in [1.82, 2.24) is 25.3 Å². The van der Waals surface area contributed by atoms with Crippen LogP contribution in [0.1, 0.15) is 90.1 Å². The van der Waals surface area contributed by atoms with Crippen molar-refractivity contribution >= 4 is 70.3 Å². The molecule has 0 spiro atoms. The molecule has 18 nitrogen and oxygen atoms in total. The third kappa shape index (κ3) is 11.4. The third-order valence-electron chi connectivity index (χ3n) is 13.8. The summed E-state index contributed by atoms with van der Waals surface area (Å²) in [7, 11) is -4.38. The van der Waals surface area contributed by atoms with Crippen LogP contribution in [0.25, 0.3) is 10.1 Å². The Morgan fingerprint density at radius 1 is 0.944 bits per heavy atom. The molecule has 4 aromatic rings. The Hall–Kier alpha value is -5.83. The highest BCUT2D eigenvalue weighted by Crippen LogP contribution is 2.59. The highest BCUT2D eigenvalue weighted by molar-refractivity contribution is 7.52. The second-order valence-electron chi connectivity index (χ2n) is 19.7. The number of amides is 7. The van der Waals surface area contributed by atoms with E-state index in [4.69, 9.17) is 14.2 Å². The van der Waals surface area contributed by atoms with E-state index < -0.39 is 60.3 Å². The van der Waals surface area contributed by atoms with Gasteiger partial charge in [-0.05, 0) is 77.9 Å². The number of carbonyl (C=O) groups excluding carboxylic acids is 6. The van der Waals surface area contributed by atoms with Gasteiger partial charge in [-0.3, -0.25) is 38.8 Å². The molecule has 4 N–H and O–H groups in total. The average molecular weight is 1040 g/mol. The lowest BCUT2D eigenvalue weighted by molar-refractivity contribution is -0.150. The van der Waals surface area contributed by atoms with Gasteiger partial charge in [0.2, 0.25) is 17.7 Å². The first-order valence-electron chi connectivity index (χ1n) is 23.9. The topological polar surface area (TPSA) is 225 Å². The summed E-state index contributed by atoms with van der Waals surface area (Å²) in [5.41, 5.74) is -4.55. The predicted molar refractivity (Wildman–Crippen MR) is 262 cm³/mol. The third-order valence-corrected chi connectivity index (χ3v) is 15.9. The SMILES string of the molecule is COc1ccc(C(=O)N2CCC(CCO[C@H]3C[C@@H](C(=O)N4CCO[C@H](c5ccccc5)C4)N(C(=O)[C@@H](NC(=O)c4cc5cc(C(F)(F)P(=O)(O)O)ccc5s4)C(C)(C)C)C3)CC2)cc1N1CCC(=O)NC1=O. The number of benzene rings is 3. The molecule has 8 rings (SSSR count). The molecule has 0 saturated carbocycles. The standard InChI is InChI=1S/C50H59F2N6O12PS/c1-49(2,3)43(54-44(60)41-26-33-24-34(11-13-40(33)72-41)50(51,52)71(65,66)67)47(63)58-28-35(27-37(58)46(62)56-21-23-70-39(29-56)31-8-6-5-7-9-31)69-22-17-30-14-18-55(19-15-30)45(61)32-10-12-38(68-4)36(25-32)57-20-16-42(59)53-48(57)64/h5-13,24-26,30,35,37,39,43H,14-23,27-29H2,1-4H3,(H,54,60)(H,53,59,64)(H2,65,66,67)/t35-,37-,39-,43+/m0/s1. The van der Waals surface area contributed by atoms with E-state index >= 15 is 0 Å². The molecule has 0 bridgehead atoms. The van der Waals surface area contributed by atoms with E-state index in [1.807, 2.05) is 30.3 Å². The molecule has 0 radical (unpaired) electrons. The van der Waals surface area contributed by atoms with Gasteiger partial charge >= 0.3 is 19.3 Å². The van der Waals surface area contributed by atoms with Crippen molar-refractivity contribution < 1.29 is 66.1 Å². The zero-order valence-corrected chi connectivity index (χ0v) is 42.1. The van der Waals surface area contributed by atoms with E-state index in [9.17, 15) is 51.9 Å². The number of halogens is 2. The molecule has 4 atom stereocenters. The molecule has 0 aliphatic carbocycles. The number of urea groups is 1. The fraction of sp³-hybridized carbons (Fsp3) is 0.480. The molecule has 4 fully saturated rings. The molecule has 0 unspecified atom stereocenters. The molecule has 7 amide bonds. The first-order chi connectivity index (χ1) is 34.1. The van der Waals surface area contributed by atoms with E-state index in [1.165, 1.54) is 29.0 Å². The minimum absolute atomic E-state index is 0.0653. The second-order valence-corrected chi connectivity index (χ2v) is 22.4. The number of methoxy groups -OCH3 is 1. The highest BCUT2D eigenvalue weighted by atomic mass is 32.1. The van der Waals surface area contributed by atoms with E-state index in [1.54, 1.807) is 48.8 Å². The van der Waals surface area contributed by atoms with Crippen molar-refractivity contribution in [2.24, 2.45) is 11.3 Å². The summed E-state index contributed by atoms with van der Waals surface area (Å²) < 4.78 is 59.2. The molecule has 3 aromatic carbocycles. The highest BCUT2D eigenvalue weighted by Gasteiger charge is 2.51. The summed E-state index contributed by atoms with van der Waals surface area (Å²) in [5, 5.41) is 5.32. The number of piperidine rings is 1. The summed E-state index contributed by atoms with van der Waals surface area (Å²) in [5.74, 6) is -1.41. The van der Waals surface area contributed by atoms with Gasteiger partial charge in [0.15, 0.2) is 0 Å². The zero-order chi connectivity index (χ0) is 51.7. The van der Waals surface area contributed by atoms with E-state index in [0.29, 0.717) is 67.2 Å². The van der Waals surface area contributed by atoms with Gasteiger partial charge in [-0.2, -0.15) is 8.78 Å². The number of likely N-dealkylation sites (tertiary alicyclic amines) is 2. The van der Waals surface area contributed by atoms with Crippen LogP contribution in [0.4, 0.5) is 19.3 Å². The monoisotopic (exact) mass is 1040 g/mol. The molecule has 4 saturated heterocycles. The van der Waals surface area contributed by atoms with Gasteiger partial charge in [0, 0.05) is 68.0 Å². The Kier molecular flexibility index (Phi) is 15.5. The minimum Gasteiger partial charge on any atom is -0.495 e. The van der Waals surface area contributed by atoms with Crippen LogP contribution < -0.4 is 20.3 Å². The van der Waals surface area contributed by atoms with E-state index in [0.717, 1.165) is 29.0 Å². The van der Waals surface area contributed by atoms with Crippen LogP contribution in [-0.4, -0.2) is 138 Å². The number of nitrogens with one attached hydrogen (secondary N) is 2. The van der Waals surface area contributed by atoms with E-state index in [2.05, 4.69) is 10.6 Å². The number of fused-ring (bicyclic) bond motifs is 1. The van der Waals surface area contributed by atoms with Gasteiger partial charge in [-0.1, -0.05) is 57.2 Å². The number of anilines is 1. The molecular formula is C50H59F2N6O12PS. The Morgan fingerprint density at radius 3 is 2.36 bits per heavy atom. The lowest BCUT2D eigenvalue weighted by Gasteiger charge is -2.38. The second kappa shape index (κ2) is 21.3. The summed E-state index contributed by atoms with van der Waals surface area (Å²) >= 11 is 0.965. The molecule has 386 valence electrons. The van der Waals surface area contributed by atoms with Crippen LogP contribution in [0.15, 0.2) is 72.8 Å². The molecule has 22 heteroatoms. The molecule has 72 heavy (non-hydrogen) atoms. The Labute approximate surface area is 419 Å². The summed E-state index contributed by atoms with van der Waals surface area (Å²) in [6.07, 6.45) is 1.49. The quantitative estimate of drug-likeness (QED) is 0.103. The smallest absolute Gasteiger partial charge is 0.399 e. The van der Waals surface area contributed by atoms with Crippen molar-refractivity contribution in [3.63, 3.8) is 0 Å². The maximum atomic E-state index is 14.9. The molecular weight excluding hydrogens is 978 g/mol. The minimum atomic E-state index is -5.84. The number of nitrogens with zero attached hydrogens (tertiary/aromatic N) is 4. The van der Waals surface area contributed by atoms with Crippen LogP contribution in [-0.2, 0) is 34.1 Å². The number of ether oxygens (including phenoxy) is 3. The number of morpholine rings is 1. The first kappa shape index (κ1) is 52.5. The van der Waals surface area contributed by atoms with Gasteiger partial charge < -0.3 is 44.0 Å².